The molecule has 0 bridgehead atoms. The minimum atomic E-state index is 1.29. The summed E-state index contributed by atoms with van der Waals surface area (Å²) in [6.07, 6.45) is 2.23. The quantitative estimate of drug-likeness (QED) is 0.327. The Morgan fingerprint density at radius 2 is 1.50 bits per heavy atom. The number of nitrogens with zero attached hydrogens (tertiary/aromatic N) is 1. The van der Waals surface area contributed by atoms with Gasteiger partial charge in [0.05, 0.1) is 15.6 Å². The zero-order valence-corrected chi connectivity index (χ0v) is 10.9. The Morgan fingerprint density at radius 1 is 0.833 bits per heavy atom. The lowest BCUT2D eigenvalue weighted by Crippen LogP contribution is -2.19. The topological polar surface area (TPSA) is 4.10 Å². The van der Waals surface area contributed by atoms with E-state index in [0.717, 1.165) is 0 Å². The molecule has 0 spiro atoms. The number of pyridine rings is 1. The highest BCUT2D eigenvalue weighted by atomic mass is 32.1. The second kappa shape index (κ2) is 3.53. The summed E-state index contributed by atoms with van der Waals surface area (Å²) >= 11 is 1.86. The number of rotatable bonds is 0. The van der Waals surface area contributed by atoms with Crippen molar-refractivity contribution in [3.8, 4) is 0 Å². The Labute approximate surface area is 109 Å². The van der Waals surface area contributed by atoms with E-state index in [9.17, 15) is 0 Å². The van der Waals surface area contributed by atoms with Gasteiger partial charge in [-0.3, -0.25) is 0 Å². The maximum Gasteiger partial charge on any atom is 0.275 e. The van der Waals surface area contributed by atoms with Crippen LogP contribution in [0.5, 0.6) is 0 Å². The van der Waals surface area contributed by atoms with Gasteiger partial charge in [0.15, 0.2) is 6.20 Å². The number of aromatic nitrogens is 1. The molecule has 0 saturated heterocycles. The summed E-state index contributed by atoms with van der Waals surface area (Å²) in [5.41, 5.74) is 1.29. The highest BCUT2D eigenvalue weighted by Gasteiger charge is 2.17. The molecule has 0 unspecified atom stereocenters. The van der Waals surface area contributed by atoms with Crippen LogP contribution >= 0.6 is 11.3 Å². The van der Waals surface area contributed by atoms with Crippen LogP contribution in [0, 0.1) is 6.92 Å². The molecule has 4 aromatic rings. The van der Waals surface area contributed by atoms with Gasteiger partial charge in [-0.25, -0.2) is 0 Å². The molecule has 0 N–H and O–H groups in total. The maximum absolute atomic E-state index is 2.32. The van der Waals surface area contributed by atoms with Crippen molar-refractivity contribution in [2.24, 2.45) is 0 Å². The van der Waals surface area contributed by atoms with Crippen molar-refractivity contribution in [3.63, 3.8) is 0 Å². The average molecular weight is 250 g/mol. The second-order valence-electron chi connectivity index (χ2n) is 4.58. The van der Waals surface area contributed by atoms with Crippen molar-refractivity contribution in [1.29, 1.82) is 0 Å². The van der Waals surface area contributed by atoms with Crippen LogP contribution < -0.4 is 4.40 Å². The summed E-state index contributed by atoms with van der Waals surface area (Å²) in [4.78, 5) is 2.68. The third-order valence-corrected chi connectivity index (χ3v) is 4.44. The monoisotopic (exact) mass is 250 g/mol. The molecule has 0 saturated carbocycles. The molecule has 0 atom stereocenters. The molecule has 86 valence electrons. The standard InChI is InChI=1S/C16H12NS/c1-11-10-17-15-9-5-4-7-13(15)12-6-2-3-8-14(12)16(17)18-11/h2-10H,1H3/q+1. The van der Waals surface area contributed by atoms with Crippen LogP contribution in [-0.2, 0) is 0 Å². The molecule has 0 aliphatic rings. The largest absolute Gasteiger partial charge is 0.275 e. The van der Waals surface area contributed by atoms with Crippen LogP contribution in [0.2, 0.25) is 0 Å². The van der Waals surface area contributed by atoms with Gasteiger partial charge in [-0.2, -0.15) is 0 Å². The fourth-order valence-corrected chi connectivity index (χ4v) is 3.65. The minimum absolute atomic E-state index is 1.29. The molecule has 18 heavy (non-hydrogen) atoms. The molecule has 0 amide bonds. The fourth-order valence-electron chi connectivity index (χ4n) is 2.65. The number of hydrogen-bond acceptors (Lipinski definition) is 1. The summed E-state index contributed by atoms with van der Waals surface area (Å²) in [6.45, 7) is 2.17. The first-order valence-electron chi connectivity index (χ1n) is 6.06. The Bertz CT molecular complexity index is 817. The maximum atomic E-state index is 2.32. The van der Waals surface area contributed by atoms with Gasteiger partial charge < -0.3 is 0 Å². The zero-order valence-electron chi connectivity index (χ0n) is 10.1. The van der Waals surface area contributed by atoms with Crippen molar-refractivity contribution >= 4 is 37.8 Å². The summed E-state index contributed by atoms with van der Waals surface area (Å²) in [5.74, 6) is 0. The molecule has 2 heterocycles. The molecule has 0 radical (unpaired) electrons. The van der Waals surface area contributed by atoms with E-state index < -0.39 is 0 Å². The molecule has 2 heteroatoms. The molecule has 0 aliphatic heterocycles. The van der Waals surface area contributed by atoms with Crippen molar-refractivity contribution < 1.29 is 4.40 Å². The van der Waals surface area contributed by atoms with Gasteiger partial charge in [-0.05, 0) is 19.1 Å². The Hall–Kier alpha value is -1.93. The van der Waals surface area contributed by atoms with Crippen LogP contribution in [0.15, 0.2) is 54.7 Å². The highest BCUT2D eigenvalue weighted by Crippen LogP contribution is 2.28. The van der Waals surface area contributed by atoms with E-state index in [1.807, 2.05) is 11.3 Å². The first-order chi connectivity index (χ1) is 8.84. The summed E-state index contributed by atoms with van der Waals surface area (Å²) in [5, 5.41) is 4.01. The summed E-state index contributed by atoms with van der Waals surface area (Å²) in [7, 11) is 0. The van der Waals surface area contributed by atoms with E-state index in [-0.39, 0.29) is 0 Å². The van der Waals surface area contributed by atoms with E-state index in [4.69, 9.17) is 0 Å². The average Bonchev–Trinajstić information content (AvgIpc) is 2.81. The van der Waals surface area contributed by atoms with E-state index in [1.165, 1.54) is 31.4 Å². The van der Waals surface area contributed by atoms with Gasteiger partial charge in [0.2, 0.25) is 5.52 Å². The van der Waals surface area contributed by atoms with Crippen LogP contribution in [0.4, 0.5) is 0 Å². The highest BCUT2D eigenvalue weighted by molar-refractivity contribution is 7.17. The third kappa shape index (κ3) is 1.24. The Morgan fingerprint density at radius 3 is 2.33 bits per heavy atom. The third-order valence-electron chi connectivity index (χ3n) is 3.40. The SMILES string of the molecule is Cc1c[n+]2c3ccccc3c3ccccc3c2s1. The molecule has 2 aromatic carbocycles. The van der Waals surface area contributed by atoms with Crippen LogP contribution in [0.3, 0.4) is 0 Å². The number of fused-ring (bicyclic) bond motifs is 6. The van der Waals surface area contributed by atoms with Crippen molar-refractivity contribution in [1.82, 2.24) is 0 Å². The zero-order chi connectivity index (χ0) is 12.1. The van der Waals surface area contributed by atoms with E-state index in [0.29, 0.717) is 0 Å². The van der Waals surface area contributed by atoms with Gasteiger partial charge in [-0.1, -0.05) is 41.7 Å². The van der Waals surface area contributed by atoms with Gasteiger partial charge in [0.25, 0.3) is 4.83 Å². The number of benzene rings is 2. The van der Waals surface area contributed by atoms with Gasteiger partial charge >= 0.3 is 0 Å². The number of para-hydroxylation sites is 1. The lowest BCUT2D eigenvalue weighted by molar-refractivity contribution is -0.476. The lowest BCUT2D eigenvalue weighted by Gasteiger charge is -2.00. The molecule has 1 nitrogen and oxygen atoms in total. The van der Waals surface area contributed by atoms with Crippen molar-refractivity contribution in [3.05, 3.63) is 59.6 Å². The van der Waals surface area contributed by atoms with E-state index in [1.54, 1.807) is 0 Å². The molecule has 4 rings (SSSR count). The van der Waals surface area contributed by atoms with Gasteiger partial charge in [-0.15, -0.1) is 4.40 Å². The Kier molecular flexibility index (Phi) is 1.97. The minimum Gasteiger partial charge on any atom is -0.149 e. The predicted molar refractivity (Wildman–Crippen MR) is 77.2 cm³/mol. The number of hydrogen-bond donors (Lipinski definition) is 0. The molecular weight excluding hydrogens is 238 g/mol. The van der Waals surface area contributed by atoms with Crippen LogP contribution in [-0.4, -0.2) is 0 Å². The first kappa shape index (κ1) is 10.0. The normalized spacial score (nSPS) is 11.6. The predicted octanol–water partition coefficient (Wildman–Crippen LogP) is 4.10. The summed E-state index contributed by atoms with van der Waals surface area (Å²) < 4.78 is 2.32. The first-order valence-corrected chi connectivity index (χ1v) is 6.87. The number of aryl methyl sites for hydroxylation is 1. The van der Waals surface area contributed by atoms with Crippen molar-refractivity contribution in [2.75, 3.05) is 0 Å². The van der Waals surface area contributed by atoms with Gasteiger partial charge in [0, 0.05) is 11.5 Å². The number of thiazole rings is 1. The fraction of sp³-hybridized carbons (Fsp3) is 0.0625. The van der Waals surface area contributed by atoms with Crippen molar-refractivity contribution in [2.45, 2.75) is 6.92 Å². The molecule has 2 aromatic heterocycles. The van der Waals surface area contributed by atoms with Crippen LogP contribution in [0.25, 0.3) is 26.5 Å². The smallest absolute Gasteiger partial charge is 0.149 e. The van der Waals surface area contributed by atoms with Crippen LogP contribution in [0.1, 0.15) is 4.88 Å². The van der Waals surface area contributed by atoms with E-state index >= 15 is 0 Å². The van der Waals surface area contributed by atoms with E-state index in [2.05, 4.69) is 66.1 Å². The lowest BCUT2D eigenvalue weighted by atomic mass is 10.1. The molecular formula is C16H12NS+. The second-order valence-corrected chi connectivity index (χ2v) is 5.81. The molecule has 0 fully saturated rings. The Balaban J connectivity index is 2.45. The molecule has 0 aliphatic carbocycles. The summed E-state index contributed by atoms with van der Waals surface area (Å²) in [6, 6.07) is 17.3. The van der Waals surface area contributed by atoms with Gasteiger partial charge in [0.1, 0.15) is 0 Å².